The first-order valence-electron chi connectivity index (χ1n) is 17.7. The number of hydrogen-bond acceptors (Lipinski definition) is 8. The molecule has 12 nitrogen and oxygen atoms in total. The summed E-state index contributed by atoms with van der Waals surface area (Å²) in [5, 5.41) is 28.4. The van der Waals surface area contributed by atoms with Gasteiger partial charge in [-0.3, -0.25) is 29.1 Å². The Morgan fingerprint density at radius 1 is 0.963 bits per heavy atom. The molecule has 1 atom stereocenters. The molecule has 14 heteroatoms. The van der Waals surface area contributed by atoms with Gasteiger partial charge >= 0.3 is 0 Å². The van der Waals surface area contributed by atoms with Crippen molar-refractivity contribution in [1.29, 1.82) is 5.26 Å². The van der Waals surface area contributed by atoms with Crippen molar-refractivity contribution in [1.82, 2.24) is 25.8 Å². The lowest BCUT2D eigenvalue weighted by molar-refractivity contribution is -0.130. The molecule has 4 aliphatic rings. The number of rotatable bonds is 11. The molecule has 3 aromatic rings. The first kappa shape index (κ1) is 37.1. The molecule has 0 spiro atoms. The molecule has 3 heterocycles. The molecule has 7 rings (SSSR count). The van der Waals surface area contributed by atoms with E-state index in [0.29, 0.717) is 70.5 Å². The smallest absolute Gasteiger partial charge is 0.268 e. The molecule has 0 bridgehead atoms. The Balaban J connectivity index is 1.12. The number of benzene rings is 2. The number of allylic oxidation sites excluding steroid dienone is 2. The fourth-order valence-corrected chi connectivity index (χ4v) is 7.56. The van der Waals surface area contributed by atoms with E-state index < -0.39 is 28.1 Å². The monoisotopic (exact) mass is 767 g/mol. The number of aromatic nitrogens is 1. The maximum absolute atomic E-state index is 14.6. The predicted molar refractivity (Wildman–Crippen MR) is 202 cm³/mol. The number of halogens is 2. The maximum atomic E-state index is 14.6. The van der Waals surface area contributed by atoms with Gasteiger partial charge in [-0.25, -0.2) is 0 Å². The Kier molecular flexibility index (Phi) is 9.33. The van der Waals surface area contributed by atoms with Crippen LogP contribution in [0.3, 0.4) is 0 Å². The highest BCUT2D eigenvalue weighted by Crippen LogP contribution is 2.48. The number of amides is 4. The topological polar surface area (TPSA) is 168 Å². The van der Waals surface area contributed by atoms with Crippen molar-refractivity contribution in [3.05, 3.63) is 117 Å². The number of nitriles is 1. The summed E-state index contributed by atoms with van der Waals surface area (Å²) >= 11 is 12.8. The lowest BCUT2D eigenvalue weighted by Crippen LogP contribution is -2.55. The van der Waals surface area contributed by atoms with E-state index in [1.165, 1.54) is 11.1 Å². The number of hydrogen-bond donors (Lipinski definition) is 4. The van der Waals surface area contributed by atoms with Gasteiger partial charge in [0.1, 0.15) is 22.6 Å². The second-order valence-corrected chi connectivity index (χ2v) is 16.1. The number of nitrogens with zero attached hydrogens (tertiary/aromatic N) is 4. The van der Waals surface area contributed by atoms with Crippen molar-refractivity contribution in [2.45, 2.75) is 81.5 Å². The first-order chi connectivity index (χ1) is 25.6. The highest BCUT2D eigenvalue weighted by Gasteiger charge is 2.59. The molecular weight excluding hydrogens is 729 g/mol. The lowest BCUT2D eigenvalue weighted by atomic mass is 9.89. The van der Waals surface area contributed by atoms with Crippen LogP contribution in [-0.2, 0) is 26.3 Å². The van der Waals surface area contributed by atoms with Crippen LogP contribution in [0.4, 0.5) is 5.69 Å². The molecule has 0 unspecified atom stereocenters. The normalized spacial score (nSPS) is 20.6. The van der Waals surface area contributed by atoms with E-state index in [-0.39, 0.29) is 36.4 Å². The van der Waals surface area contributed by atoms with Gasteiger partial charge in [-0.2, -0.15) is 5.26 Å². The van der Waals surface area contributed by atoms with Crippen LogP contribution < -0.4 is 20.9 Å². The number of aliphatic hydroxyl groups is 1. The van der Waals surface area contributed by atoms with Crippen LogP contribution in [-0.4, -0.2) is 61.8 Å². The highest BCUT2D eigenvalue weighted by molar-refractivity contribution is 6.35. The van der Waals surface area contributed by atoms with Gasteiger partial charge in [0, 0.05) is 22.7 Å². The molecule has 4 amide bonds. The molecule has 2 saturated carbocycles. The second kappa shape index (κ2) is 13.6. The summed E-state index contributed by atoms with van der Waals surface area (Å²) in [5.74, 6) is -1.04. The zero-order valence-corrected chi connectivity index (χ0v) is 31.5. The minimum atomic E-state index is -1.29. The van der Waals surface area contributed by atoms with Crippen LogP contribution in [0.25, 0.3) is 0 Å². The minimum absolute atomic E-state index is 0.199. The Morgan fingerprint density at radius 3 is 2.22 bits per heavy atom. The summed E-state index contributed by atoms with van der Waals surface area (Å²) in [5.41, 5.74) is -1.10. The predicted octanol–water partition coefficient (Wildman–Crippen LogP) is 4.99. The third kappa shape index (κ3) is 6.83. The van der Waals surface area contributed by atoms with Crippen LogP contribution in [0.15, 0.2) is 84.5 Å². The van der Waals surface area contributed by atoms with Crippen LogP contribution in [0, 0.1) is 11.3 Å². The molecule has 1 aromatic heterocycles. The van der Waals surface area contributed by atoms with Crippen LogP contribution in [0.2, 0.25) is 10.0 Å². The molecule has 2 aromatic carbocycles. The molecule has 2 aliphatic heterocycles. The number of pyridine rings is 1. The number of anilines is 1. The van der Waals surface area contributed by atoms with Gasteiger partial charge < -0.3 is 26.0 Å². The van der Waals surface area contributed by atoms with Gasteiger partial charge in [0.15, 0.2) is 0 Å². The zero-order chi connectivity index (χ0) is 38.6. The first-order valence-corrected chi connectivity index (χ1v) is 18.4. The molecule has 2 aliphatic carbocycles. The van der Waals surface area contributed by atoms with Crippen molar-refractivity contribution in [2.75, 3.05) is 11.5 Å². The molecule has 3 fully saturated rings. The van der Waals surface area contributed by atoms with Gasteiger partial charge in [-0.05, 0) is 107 Å². The van der Waals surface area contributed by atoms with E-state index in [4.69, 9.17) is 23.2 Å². The van der Waals surface area contributed by atoms with E-state index >= 15 is 0 Å². The Bertz CT molecular complexity index is 2150. The fourth-order valence-electron chi connectivity index (χ4n) is 7.05. The van der Waals surface area contributed by atoms with Crippen molar-refractivity contribution < 1.29 is 24.3 Å². The van der Waals surface area contributed by atoms with Crippen LogP contribution >= 0.6 is 23.2 Å². The fraction of sp³-hybridized carbons (Fsp3) is 0.350. The van der Waals surface area contributed by atoms with Crippen LogP contribution in [0.1, 0.15) is 80.1 Å². The number of carbonyl (C=O) groups is 4. The number of carbonyl (C=O) groups excluding carboxylic acids is 4. The summed E-state index contributed by atoms with van der Waals surface area (Å²) < 4.78 is 0. The standard InChI is InChI=1S/C40H39Cl2N7O5/c1-37(2,23-50)45-33(51)26-11-12-31(44-22-26)39(13-14-39)47-35(53)40(15-16-40)46-34(52)30-5-4-6-32-48(29-18-27(41)17-28(42)19-29)36(54)38(3,49(30)32)20-24-7-9-25(21-43)10-8-24/h5-12,17-19,22,50H,4,13-16,20,23H2,1-3H3,(H,45,51)(H,46,52)(H,47,53)/t38-/m1/s1. The van der Waals surface area contributed by atoms with Gasteiger partial charge in [0.25, 0.3) is 17.7 Å². The molecule has 54 heavy (non-hydrogen) atoms. The second-order valence-electron chi connectivity index (χ2n) is 15.3. The summed E-state index contributed by atoms with van der Waals surface area (Å²) in [6, 6.07) is 17.3. The number of nitrogens with one attached hydrogen (secondary N) is 3. The van der Waals surface area contributed by atoms with Crippen molar-refractivity contribution >= 4 is 52.5 Å². The summed E-state index contributed by atoms with van der Waals surface area (Å²) in [7, 11) is 0. The highest BCUT2D eigenvalue weighted by atomic mass is 35.5. The van der Waals surface area contributed by atoms with Gasteiger partial charge in [-0.15, -0.1) is 0 Å². The molecule has 278 valence electrons. The van der Waals surface area contributed by atoms with E-state index in [9.17, 15) is 29.5 Å². The van der Waals surface area contributed by atoms with Gasteiger partial charge in [0.2, 0.25) is 5.91 Å². The Labute approximate surface area is 322 Å². The van der Waals surface area contributed by atoms with E-state index in [0.717, 1.165) is 5.56 Å². The zero-order valence-electron chi connectivity index (χ0n) is 30.0. The van der Waals surface area contributed by atoms with Crippen LogP contribution in [0.5, 0.6) is 0 Å². The average molecular weight is 769 g/mol. The van der Waals surface area contributed by atoms with Crippen molar-refractivity contribution in [3.63, 3.8) is 0 Å². The minimum Gasteiger partial charge on any atom is -0.394 e. The van der Waals surface area contributed by atoms with E-state index in [1.54, 1.807) is 86.3 Å². The summed E-state index contributed by atoms with van der Waals surface area (Å²) in [4.78, 5) is 63.3. The molecular formula is C40H39Cl2N7O5. The largest absolute Gasteiger partial charge is 0.394 e. The number of aliphatic hydroxyl groups excluding tert-OH is 1. The SMILES string of the molecule is CC(C)(CO)NC(=O)c1ccc(C2(NC(=O)C3(NC(=O)C4=CCC=C5N(c6cc(Cl)cc(Cl)c6)C(=O)[C@@](C)(Cc6ccc(C#N)cc6)N45)CC3)CC2)nc1. The van der Waals surface area contributed by atoms with Crippen molar-refractivity contribution in [2.24, 2.45) is 0 Å². The van der Waals surface area contributed by atoms with E-state index in [2.05, 4.69) is 27.0 Å². The third-order valence-electron chi connectivity index (χ3n) is 10.4. The number of fused-ring (bicyclic) bond motifs is 1. The Hall–Kier alpha value is -5.22. The average Bonchev–Trinajstić information content (AvgIpc) is 4.08. The lowest BCUT2D eigenvalue weighted by Gasteiger charge is -2.37. The summed E-state index contributed by atoms with van der Waals surface area (Å²) in [6.45, 7) is 4.96. The maximum Gasteiger partial charge on any atom is 0.268 e. The summed E-state index contributed by atoms with van der Waals surface area (Å²) in [6.07, 6.45) is 7.75. The van der Waals surface area contributed by atoms with Gasteiger partial charge in [0.05, 0.1) is 46.3 Å². The molecule has 1 saturated heterocycles. The molecule has 0 radical (unpaired) electrons. The quantitative estimate of drug-likeness (QED) is 0.212. The molecule has 4 N–H and O–H groups in total. The van der Waals surface area contributed by atoms with E-state index in [1.807, 2.05) is 6.08 Å². The Morgan fingerprint density at radius 2 is 1.65 bits per heavy atom. The van der Waals surface area contributed by atoms with Gasteiger partial charge in [-0.1, -0.05) is 41.4 Å². The third-order valence-corrected chi connectivity index (χ3v) is 10.9. The van der Waals surface area contributed by atoms with Crippen molar-refractivity contribution in [3.8, 4) is 6.07 Å².